The number of hydrogen-bond acceptors (Lipinski definition) is 8. The van der Waals surface area contributed by atoms with Crippen molar-refractivity contribution in [3.63, 3.8) is 0 Å². The van der Waals surface area contributed by atoms with Gasteiger partial charge in [0.1, 0.15) is 6.23 Å². The highest BCUT2D eigenvalue weighted by Crippen LogP contribution is 1.93. The van der Waals surface area contributed by atoms with Crippen LogP contribution < -0.4 is 22.9 Å². The summed E-state index contributed by atoms with van der Waals surface area (Å²) in [6.45, 7) is 13.0. The average Bonchev–Trinajstić information content (AvgIpc) is 2.46. The van der Waals surface area contributed by atoms with E-state index >= 15 is 0 Å². The molecule has 25 heavy (non-hydrogen) atoms. The van der Waals surface area contributed by atoms with Gasteiger partial charge in [0.25, 0.3) is 0 Å². The molecule has 0 heterocycles. The van der Waals surface area contributed by atoms with Gasteiger partial charge in [-0.2, -0.15) is 0 Å². The summed E-state index contributed by atoms with van der Waals surface area (Å²) < 4.78 is 21.1. The second kappa shape index (κ2) is 18.5. The summed E-state index contributed by atoms with van der Waals surface area (Å²) >= 11 is 0. The van der Waals surface area contributed by atoms with Crippen molar-refractivity contribution in [3.05, 3.63) is 0 Å². The SMILES string of the molecule is CC(N)CCOC(C)N.CC(N)COCCOC(C)COCC(C)N. The number of nitrogens with two attached hydrogens (primary N) is 4. The van der Waals surface area contributed by atoms with E-state index in [2.05, 4.69) is 0 Å². The second-order valence-corrected chi connectivity index (χ2v) is 6.59. The molecular weight excluding hydrogens is 324 g/mol. The highest BCUT2D eigenvalue weighted by Gasteiger charge is 2.03. The predicted molar refractivity (Wildman–Crippen MR) is 102 cm³/mol. The Kier molecular flexibility index (Phi) is 19.9. The van der Waals surface area contributed by atoms with Crippen molar-refractivity contribution >= 4 is 0 Å². The van der Waals surface area contributed by atoms with Gasteiger partial charge in [0.15, 0.2) is 0 Å². The normalized spacial score (nSPS) is 17.2. The molecule has 0 rings (SSSR count). The summed E-state index contributed by atoms with van der Waals surface area (Å²) in [4.78, 5) is 0. The van der Waals surface area contributed by atoms with Crippen LogP contribution in [0.5, 0.6) is 0 Å². The second-order valence-electron chi connectivity index (χ2n) is 6.59. The van der Waals surface area contributed by atoms with Gasteiger partial charge in [0.2, 0.25) is 0 Å². The molecule has 8 N–H and O–H groups in total. The van der Waals surface area contributed by atoms with Crippen molar-refractivity contribution in [2.45, 2.75) is 71.5 Å². The lowest BCUT2D eigenvalue weighted by Crippen LogP contribution is -2.26. The van der Waals surface area contributed by atoms with Gasteiger partial charge in [-0.15, -0.1) is 0 Å². The maximum Gasteiger partial charge on any atom is 0.102 e. The van der Waals surface area contributed by atoms with Crippen LogP contribution in [0.25, 0.3) is 0 Å². The summed E-state index contributed by atoms with van der Waals surface area (Å²) in [6.07, 6.45) is 0.781. The third kappa shape index (κ3) is 28.7. The lowest BCUT2D eigenvalue weighted by atomic mass is 10.3. The Hall–Kier alpha value is -0.320. The van der Waals surface area contributed by atoms with Gasteiger partial charge in [-0.1, -0.05) is 0 Å². The van der Waals surface area contributed by atoms with E-state index in [1.165, 1.54) is 0 Å². The average molecular weight is 367 g/mol. The zero-order valence-corrected chi connectivity index (χ0v) is 16.8. The lowest BCUT2D eigenvalue weighted by Gasteiger charge is -2.14. The molecule has 8 heteroatoms. The largest absolute Gasteiger partial charge is 0.377 e. The molecule has 0 aromatic rings. The fourth-order valence-electron chi connectivity index (χ4n) is 1.49. The van der Waals surface area contributed by atoms with Crippen LogP contribution in [0.2, 0.25) is 0 Å². The Morgan fingerprint density at radius 1 is 0.600 bits per heavy atom. The molecule has 0 aromatic carbocycles. The molecule has 0 aliphatic heterocycles. The van der Waals surface area contributed by atoms with Crippen LogP contribution in [0.4, 0.5) is 0 Å². The molecule has 0 spiro atoms. The van der Waals surface area contributed by atoms with Crippen molar-refractivity contribution in [2.24, 2.45) is 22.9 Å². The minimum atomic E-state index is -0.163. The molecule has 0 amide bonds. The van der Waals surface area contributed by atoms with Crippen LogP contribution in [-0.2, 0) is 18.9 Å². The first-order valence-corrected chi connectivity index (χ1v) is 9.06. The molecule has 154 valence electrons. The first kappa shape index (κ1) is 26.9. The maximum atomic E-state index is 5.55. The zero-order chi connectivity index (χ0) is 19.7. The lowest BCUT2D eigenvalue weighted by molar-refractivity contribution is -0.0319. The molecule has 0 bridgehead atoms. The van der Waals surface area contributed by atoms with Crippen molar-refractivity contribution < 1.29 is 18.9 Å². The van der Waals surface area contributed by atoms with Gasteiger partial charge in [-0.3, -0.25) is 0 Å². The number of rotatable bonds is 14. The Labute approximate surface area is 153 Å². The van der Waals surface area contributed by atoms with Crippen LogP contribution in [0.15, 0.2) is 0 Å². The maximum absolute atomic E-state index is 5.55. The molecular formula is C17H42N4O4. The van der Waals surface area contributed by atoms with E-state index in [1.54, 1.807) is 6.92 Å². The minimum Gasteiger partial charge on any atom is -0.377 e. The van der Waals surface area contributed by atoms with Gasteiger partial charge in [0.05, 0.1) is 45.7 Å². The first-order valence-electron chi connectivity index (χ1n) is 9.06. The van der Waals surface area contributed by atoms with E-state index in [1.807, 2.05) is 27.7 Å². The van der Waals surface area contributed by atoms with Gasteiger partial charge in [-0.25, -0.2) is 0 Å². The number of ether oxygens (including phenoxy) is 4. The van der Waals surface area contributed by atoms with E-state index in [4.69, 9.17) is 41.9 Å². The third-order valence-corrected chi connectivity index (χ3v) is 2.70. The molecule has 0 saturated heterocycles. The molecule has 0 fully saturated rings. The monoisotopic (exact) mass is 366 g/mol. The van der Waals surface area contributed by atoms with Crippen LogP contribution >= 0.6 is 0 Å². The van der Waals surface area contributed by atoms with Crippen LogP contribution in [0.3, 0.4) is 0 Å². The van der Waals surface area contributed by atoms with Crippen LogP contribution in [0.1, 0.15) is 41.0 Å². The Morgan fingerprint density at radius 2 is 1.16 bits per heavy atom. The molecule has 8 nitrogen and oxygen atoms in total. The van der Waals surface area contributed by atoms with Crippen molar-refractivity contribution in [1.82, 2.24) is 0 Å². The summed E-state index contributed by atoms with van der Waals surface area (Å²) in [5.74, 6) is 0. The van der Waals surface area contributed by atoms with E-state index in [0.717, 1.165) is 6.42 Å². The topological polar surface area (TPSA) is 141 Å². The fourth-order valence-corrected chi connectivity index (χ4v) is 1.49. The minimum absolute atomic E-state index is 0.0673. The molecule has 5 atom stereocenters. The quantitative estimate of drug-likeness (QED) is 0.252. The molecule has 0 radical (unpaired) electrons. The zero-order valence-electron chi connectivity index (χ0n) is 16.8. The number of hydrogen-bond donors (Lipinski definition) is 4. The van der Waals surface area contributed by atoms with Crippen molar-refractivity contribution in [1.29, 1.82) is 0 Å². The van der Waals surface area contributed by atoms with Crippen LogP contribution in [-0.4, -0.2) is 70.1 Å². The smallest absolute Gasteiger partial charge is 0.102 e. The van der Waals surface area contributed by atoms with Gasteiger partial charge in [0, 0.05) is 18.1 Å². The third-order valence-electron chi connectivity index (χ3n) is 2.70. The molecule has 0 saturated carbocycles. The van der Waals surface area contributed by atoms with Gasteiger partial charge >= 0.3 is 0 Å². The summed E-state index contributed by atoms with van der Waals surface area (Å²) in [5.41, 5.74) is 21.9. The molecule has 5 unspecified atom stereocenters. The molecule has 0 aliphatic carbocycles. The van der Waals surface area contributed by atoms with Crippen molar-refractivity contribution in [3.8, 4) is 0 Å². The van der Waals surface area contributed by atoms with Gasteiger partial charge in [-0.05, 0) is 41.0 Å². The predicted octanol–water partition coefficient (Wildman–Crippen LogP) is 0.164. The van der Waals surface area contributed by atoms with E-state index < -0.39 is 0 Å². The van der Waals surface area contributed by atoms with Gasteiger partial charge < -0.3 is 41.9 Å². The highest BCUT2D eigenvalue weighted by molar-refractivity contribution is 4.53. The van der Waals surface area contributed by atoms with E-state index in [0.29, 0.717) is 39.6 Å². The summed E-state index contributed by atoms with van der Waals surface area (Å²) in [5, 5.41) is 0. The highest BCUT2D eigenvalue weighted by atomic mass is 16.5. The Morgan fingerprint density at radius 3 is 1.64 bits per heavy atom. The van der Waals surface area contributed by atoms with E-state index in [9.17, 15) is 0 Å². The first-order chi connectivity index (χ1) is 11.6. The van der Waals surface area contributed by atoms with Crippen LogP contribution in [0, 0.1) is 0 Å². The standard InChI is InChI=1S/C11H26N2O3.C6H16N2O/c1-9(12)6-14-4-5-16-11(3)8-15-7-10(2)13;1-5(7)3-4-9-6(2)8/h9-11H,4-8,12-13H2,1-3H3;5-6H,3-4,7-8H2,1-2H3. The Balaban J connectivity index is 0. The fraction of sp³-hybridized carbons (Fsp3) is 1.00. The summed E-state index contributed by atoms with van der Waals surface area (Å²) in [7, 11) is 0. The molecule has 0 aliphatic rings. The van der Waals surface area contributed by atoms with E-state index in [-0.39, 0.29) is 30.5 Å². The molecule has 0 aromatic heterocycles. The Bertz CT molecular complexity index is 259. The van der Waals surface area contributed by atoms with Crippen molar-refractivity contribution in [2.75, 3.05) is 39.6 Å². The summed E-state index contributed by atoms with van der Waals surface area (Å²) in [6, 6.07) is 0.358.